The molecule has 33 heavy (non-hydrogen) atoms. The van der Waals surface area contributed by atoms with Crippen LogP contribution in [0.25, 0.3) is 22.5 Å². The van der Waals surface area contributed by atoms with E-state index in [1.54, 1.807) is 13.0 Å². The molecule has 1 N–H and O–H groups in total. The van der Waals surface area contributed by atoms with Crippen LogP contribution in [0.1, 0.15) is 5.56 Å². The van der Waals surface area contributed by atoms with Crippen molar-refractivity contribution >= 4 is 29.0 Å². The highest BCUT2D eigenvalue weighted by Crippen LogP contribution is 2.30. The molecule has 0 unspecified atom stereocenters. The van der Waals surface area contributed by atoms with Crippen molar-refractivity contribution in [2.24, 2.45) is 0 Å². The summed E-state index contributed by atoms with van der Waals surface area (Å²) in [6, 6.07) is 23.9. The van der Waals surface area contributed by atoms with E-state index in [2.05, 4.69) is 20.5 Å². The zero-order valence-corrected chi connectivity index (χ0v) is 18.5. The number of benzene rings is 3. The van der Waals surface area contributed by atoms with Crippen LogP contribution in [0.2, 0.25) is 0 Å². The average Bonchev–Trinajstić information content (AvgIpc) is 2.85. The Bertz CT molecular complexity index is 1300. The number of hydrogen-bond donors (Lipinski definition) is 1. The first kappa shape index (κ1) is 22.1. The summed E-state index contributed by atoms with van der Waals surface area (Å²) in [4.78, 5) is 27.8. The van der Waals surface area contributed by atoms with Gasteiger partial charge >= 0.3 is 0 Å². The fourth-order valence-corrected chi connectivity index (χ4v) is 3.82. The van der Waals surface area contributed by atoms with Gasteiger partial charge in [-0.25, -0.2) is 4.98 Å². The van der Waals surface area contributed by atoms with Gasteiger partial charge in [0.25, 0.3) is 5.69 Å². The van der Waals surface area contributed by atoms with Crippen LogP contribution in [-0.4, -0.2) is 31.8 Å². The van der Waals surface area contributed by atoms with Crippen LogP contribution in [0.15, 0.2) is 84.0 Å². The number of aromatic nitrogens is 3. The number of nitro groups is 1. The summed E-state index contributed by atoms with van der Waals surface area (Å²) < 4.78 is 0. The van der Waals surface area contributed by atoms with Gasteiger partial charge in [0.15, 0.2) is 0 Å². The van der Waals surface area contributed by atoms with Crippen LogP contribution in [0, 0.1) is 17.0 Å². The molecule has 4 rings (SSSR count). The Labute approximate surface area is 194 Å². The summed E-state index contributed by atoms with van der Waals surface area (Å²) in [6.45, 7) is 1.60. The highest BCUT2D eigenvalue weighted by molar-refractivity contribution is 7.99. The van der Waals surface area contributed by atoms with E-state index in [4.69, 9.17) is 0 Å². The molecule has 0 aliphatic carbocycles. The first-order valence-electron chi connectivity index (χ1n) is 10.0. The van der Waals surface area contributed by atoms with Crippen molar-refractivity contribution < 1.29 is 9.72 Å². The number of hydrogen-bond acceptors (Lipinski definition) is 7. The SMILES string of the molecule is Cc1c(NC(=O)CSc2nnc(-c3ccccc3)c(-c3ccccc3)n2)cccc1[N+](=O)[O-]. The van der Waals surface area contributed by atoms with Gasteiger partial charge in [-0.2, -0.15) is 0 Å². The molecule has 0 spiro atoms. The van der Waals surface area contributed by atoms with E-state index >= 15 is 0 Å². The van der Waals surface area contributed by atoms with Crippen molar-refractivity contribution in [3.63, 3.8) is 0 Å². The van der Waals surface area contributed by atoms with Gasteiger partial charge in [0, 0.05) is 17.2 Å². The molecule has 0 atom stereocenters. The minimum absolute atomic E-state index is 0.0305. The van der Waals surface area contributed by atoms with Crippen LogP contribution in [0.3, 0.4) is 0 Å². The lowest BCUT2D eigenvalue weighted by molar-refractivity contribution is -0.385. The van der Waals surface area contributed by atoms with Crippen LogP contribution in [0.5, 0.6) is 0 Å². The summed E-state index contributed by atoms with van der Waals surface area (Å²) in [7, 11) is 0. The maximum absolute atomic E-state index is 12.5. The Morgan fingerprint density at radius 3 is 2.18 bits per heavy atom. The van der Waals surface area contributed by atoms with Crippen LogP contribution >= 0.6 is 11.8 Å². The minimum atomic E-state index is -0.474. The maximum Gasteiger partial charge on any atom is 0.274 e. The Hall–Kier alpha value is -4.11. The third-order valence-electron chi connectivity index (χ3n) is 4.87. The molecule has 1 heterocycles. The van der Waals surface area contributed by atoms with Gasteiger partial charge in [-0.05, 0) is 13.0 Å². The van der Waals surface area contributed by atoms with Gasteiger partial charge in [0.05, 0.1) is 21.9 Å². The first-order chi connectivity index (χ1) is 16.0. The Balaban J connectivity index is 1.54. The Morgan fingerprint density at radius 1 is 0.909 bits per heavy atom. The number of rotatable bonds is 7. The van der Waals surface area contributed by atoms with Gasteiger partial charge in [-0.15, -0.1) is 10.2 Å². The predicted molar refractivity (Wildman–Crippen MR) is 128 cm³/mol. The number of nitrogens with one attached hydrogen (secondary N) is 1. The summed E-state index contributed by atoms with van der Waals surface area (Å²) in [5.74, 6) is -0.288. The number of carbonyl (C=O) groups excluding carboxylic acids is 1. The van der Waals surface area contributed by atoms with Crippen molar-refractivity contribution in [3.05, 3.63) is 94.5 Å². The maximum atomic E-state index is 12.5. The summed E-state index contributed by atoms with van der Waals surface area (Å²) in [5, 5.41) is 22.8. The molecule has 0 aliphatic rings. The smallest absolute Gasteiger partial charge is 0.274 e. The van der Waals surface area contributed by atoms with Crippen molar-refractivity contribution in [3.8, 4) is 22.5 Å². The van der Waals surface area contributed by atoms with Crippen molar-refractivity contribution in [1.29, 1.82) is 0 Å². The normalized spacial score (nSPS) is 10.6. The van der Waals surface area contributed by atoms with E-state index in [-0.39, 0.29) is 17.3 Å². The van der Waals surface area contributed by atoms with Crippen LogP contribution < -0.4 is 5.32 Å². The van der Waals surface area contributed by atoms with E-state index in [1.165, 1.54) is 12.1 Å². The Morgan fingerprint density at radius 2 is 1.55 bits per heavy atom. The third-order valence-corrected chi connectivity index (χ3v) is 5.71. The molecule has 0 bridgehead atoms. The standard InChI is InChI=1S/C24H19N5O3S/c1-16-19(13-8-14-20(16)29(31)32)25-21(30)15-33-24-26-22(17-9-4-2-5-10-17)23(27-28-24)18-11-6-3-7-12-18/h2-14H,15H2,1H3,(H,25,30). The average molecular weight is 458 g/mol. The summed E-state index contributed by atoms with van der Waals surface area (Å²) in [5.41, 5.74) is 3.88. The molecule has 0 fully saturated rings. The third kappa shape index (κ3) is 5.21. The largest absolute Gasteiger partial charge is 0.325 e. The van der Waals surface area contributed by atoms with E-state index in [9.17, 15) is 14.9 Å². The number of amides is 1. The number of nitrogens with zero attached hydrogens (tertiary/aromatic N) is 4. The van der Waals surface area contributed by atoms with Gasteiger partial charge in [0.1, 0.15) is 11.4 Å². The molecule has 0 saturated heterocycles. The molecule has 8 nitrogen and oxygen atoms in total. The van der Waals surface area contributed by atoms with Gasteiger partial charge in [-0.1, -0.05) is 78.5 Å². The predicted octanol–water partition coefficient (Wildman–Crippen LogP) is 5.15. The summed E-state index contributed by atoms with van der Waals surface area (Å²) in [6.07, 6.45) is 0. The molecular formula is C24H19N5O3S. The fourth-order valence-electron chi connectivity index (χ4n) is 3.23. The molecule has 0 saturated carbocycles. The van der Waals surface area contributed by atoms with Crippen molar-refractivity contribution in [2.45, 2.75) is 12.1 Å². The van der Waals surface area contributed by atoms with E-state index in [1.807, 2.05) is 60.7 Å². The molecule has 1 amide bonds. The van der Waals surface area contributed by atoms with E-state index in [0.717, 1.165) is 22.9 Å². The Kier molecular flexibility index (Phi) is 6.70. The number of carbonyl (C=O) groups is 1. The topological polar surface area (TPSA) is 111 Å². The second-order valence-electron chi connectivity index (χ2n) is 7.07. The fraction of sp³-hybridized carbons (Fsp3) is 0.0833. The van der Waals surface area contributed by atoms with Gasteiger partial charge < -0.3 is 5.32 Å². The molecule has 0 radical (unpaired) electrons. The molecular weight excluding hydrogens is 438 g/mol. The first-order valence-corrected chi connectivity index (χ1v) is 11.0. The van der Waals surface area contributed by atoms with Gasteiger partial charge in [-0.3, -0.25) is 14.9 Å². The number of thioether (sulfide) groups is 1. The van der Waals surface area contributed by atoms with Gasteiger partial charge in [0.2, 0.25) is 11.1 Å². The quantitative estimate of drug-likeness (QED) is 0.232. The van der Waals surface area contributed by atoms with Crippen molar-refractivity contribution in [2.75, 3.05) is 11.1 Å². The molecule has 3 aromatic carbocycles. The van der Waals surface area contributed by atoms with Crippen LogP contribution in [0.4, 0.5) is 11.4 Å². The number of anilines is 1. The molecule has 9 heteroatoms. The summed E-state index contributed by atoms with van der Waals surface area (Å²) >= 11 is 1.15. The zero-order chi connectivity index (χ0) is 23.2. The second kappa shape index (κ2) is 10.0. The number of nitro benzene ring substituents is 1. The minimum Gasteiger partial charge on any atom is -0.325 e. The second-order valence-corrected chi connectivity index (χ2v) is 8.01. The highest BCUT2D eigenvalue weighted by atomic mass is 32.2. The molecule has 164 valence electrons. The van der Waals surface area contributed by atoms with E-state index < -0.39 is 4.92 Å². The monoisotopic (exact) mass is 457 g/mol. The zero-order valence-electron chi connectivity index (χ0n) is 17.6. The molecule has 0 aliphatic heterocycles. The highest BCUT2D eigenvalue weighted by Gasteiger charge is 2.17. The molecule has 1 aromatic heterocycles. The lowest BCUT2D eigenvalue weighted by Crippen LogP contribution is -2.15. The van der Waals surface area contributed by atoms with Crippen LogP contribution in [-0.2, 0) is 4.79 Å². The molecule has 4 aromatic rings. The van der Waals surface area contributed by atoms with Crippen molar-refractivity contribution in [1.82, 2.24) is 15.2 Å². The lowest BCUT2D eigenvalue weighted by atomic mass is 10.0. The van der Waals surface area contributed by atoms with E-state index in [0.29, 0.717) is 27.8 Å². The lowest BCUT2D eigenvalue weighted by Gasteiger charge is -2.10.